The first-order chi connectivity index (χ1) is 11.5. The highest BCUT2D eigenvalue weighted by atomic mass is 127. The summed E-state index contributed by atoms with van der Waals surface area (Å²) in [6.45, 7) is 9.56. The van der Waals surface area contributed by atoms with Gasteiger partial charge in [-0.3, -0.25) is 4.99 Å². The van der Waals surface area contributed by atoms with Crippen LogP contribution in [0.15, 0.2) is 29.3 Å². The number of benzene rings is 1. The number of nitrogens with zero attached hydrogens (tertiary/aromatic N) is 2. The van der Waals surface area contributed by atoms with E-state index in [0.29, 0.717) is 6.54 Å². The van der Waals surface area contributed by atoms with E-state index < -0.39 is 0 Å². The third kappa shape index (κ3) is 7.19. The average Bonchev–Trinajstić information content (AvgIpc) is 2.86. The van der Waals surface area contributed by atoms with E-state index in [2.05, 4.69) is 32.7 Å². The molecule has 0 spiro atoms. The number of hydrogen-bond acceptors (Lipinski definition) is 4. The standard InChI is InChI=1S/C18H26N4OS.HI/c1-12(2)23-16-8-6-15(7-9-16)10-20-18(19-5)21-11-17-13(3)22-14(4)24-17;/h6-9,12H,10-11H2,1-5H3,(H2,19,20,21);1H. The Bertz CT molecular complexity index is 683. The summed E-state index contributed by atoms with van der Waals surface area (Å²) in [7, 11) is 1.78. The molecule has 7 heteroatoms. The summed E-state index contributed by atoms with van der Waals surface area (Å²) in [6.07, 6.45) is 0.191. The number of halogens is 1. The Hall–Kier alpha value is -1.35. The second kappa shape index (κ2) is 10.6. The summed E-state index contributed by atoms with van der Waals surface area (Å²) >= 11 is 1.72. The van der Waals surface area contributed by atoms with Crippen molar-refractivity contribution in [3.63, 3.8) is 0 Å². The van der Waals surface area contributed by atoms with Gasteiger partial charge in [0.15, 0.2) is 5.96 Å². The molecular formula is C18H27IN4OS. The summed E-state index contributed by atoms with van der Waals surface area (Å²) in [6, 6.07) is 8.12. The van der Waals surface area contributed by atoms with E-state index in [1.165, 1.54) is 10.4 Å². The first-order valence-electron chi connectivity index (χ1n) is 8.11. The SMILES string of the molecule is CN=C(NCc1ccc(OC(C)C)cc1)NCc1sc(C)nc1C.I. The normalized spacial score (nSPS) is 11.2. The highest BCUT2D eigenvalue weighted by Gasteiger charge is 2.06. The lowest BCUT2D eigenvalue weighted by Gasteiger charge is -2.13. The van der Waals surface area contributed by atoms with Crippen LogP contribution in [0.3, 0.4) is 0 Å². The fraction of sp³-hybridized carbons (Fsp3) is 0.444. The summed E-state index contributed by atoms with van der Waals surface area (Å²) < 4.78 is 5.66. The first-order valence-corrected chi connectivity index (χ1v) is 8.92. The highest BCUT2D eigenvalue weighted by Crippen LogP contribution is 2.16. The molecule has 0 saturated carbocycles. The van der Waals surface area contributed by atoms with Gasteiger partial charge in [-0.2, -0.15) is 0 Å². The van der Waals surface area contributed by atoms with Gasteiger partial charge in [-0.15, -0.1) is 35.3 Å². The molecule has 0 saturated heterocycles. The van der Waals surface area contributed by atoms with Crippen molar-refractivity contribution in [1.29, 1.82) is 0 Å². The van der Waals surface area contributed by atoms with Crippen molar-refractivity contribution in [1.82, 2.24) is 15.6 Å². The fourth-order valence-corrected chi connectivity index (χ4v) is 3.14. The Kier molecular flexibility index (Phi) is 9.20. The van der Waals surface area contributed by atoms with Crippen molar-refractivity contribution >= 4 is 41.3 Å². The average molecular weight is 474 g/mol. The van der Waals surface area contributed by atoms with E-state index in [1.54, 1.807) is 18.4 Å². The molecular weight excluding hydrogens is 447 g/mol. The van der Waals surface area contributed by atoms with Gasteiger partial charge in [0, 0.05) is 18.5 Å². The van der Waals surface area contributed by atoms with Crippen LogP contribution in [0.25, 0.3) is 0 Å². The van der Waals surface area contributed by atoms with E-state index in [1.807, 2.05) is 39.8 Å². The molecule has 25 heavy (non-hydrogen) atoms. The smallest absolute Gasteiger partial charge is 0.191 e. The van der Waals surface area contributed by atoms with Crippen LogP contribution in [-0.4, -0.2) is 24.1 Å². The Balaban J connectivity index is 0.00000312. The van der Waals surface area contributed by atoms with Crippen molar-refractivity contribution in [2.75, 3.05) is 7.05 Å². The third-order valence-corrected chi connectivity index (χ3v) is 4.47. The van der Waals surface area contributed by atoms with Crippen molar-refractivity contribution in [3.05, 3.63) is 45.4 Å². The van der Waals surface area contributed by atoms with Gasteiger partial charge < -0.3 is 15.4 Å². The van der Waals surface area contributed by atoms with Gasteiger partial charge in [-0.25, -0.2) is 4.98 Å². The summed E-state index contributed by atoms with van der Waals surface area (Å²) in [5.74, 6) is 1.68. The molecule has 1 aromatic heterocycles. The Morgan fingerprint density at radius 3 is 2.32 bits per heavy atom. The van der Waals surface area contributed by atoms with Gasteiger partial charge in [-0.1, -0.05) is 12.1 Å². The molecule has 0 radical (unpaired) electrons. The largest absolute Gasteiger partial charge is 0.491 e. The second-order valence-electron chi connectivity index (χ2n) is 5.83. The molecule has 0 amide bonds. The molecule has 0 aliphatic heterocycles. The van der Waals surface area contributed by atoms with Crippen molar-refractivity contribution in [2.24, 2.45) is 4.99 Å². The predicted octanol–water partition coefficient (Wildman–Crippen LogP) is 4.03. The molecule has 1 heterocycles. The highest BCUT2D eigenvalue weighted by molar-refractivity contribution is 14.0. The minimum atomic E-state index is 0. The van der Waals surface area contributed by atoms with Crippen LogP contribution in [0, 0.1) is 13.8 Å². The lowest BCUT2D eigenvalue weighted by Crippen LogP contribution is -2.36. The number of hydrogen-bond donors (Lipinski definition) is 2. The fourth-order valence-electron chi connectivity index (χ4n) is 2.27. The molecule has 2 aromatic rings. The predicted molar refractivity (Wildman–Crippen MR) is 116 cm³/mol. The van der Waals surface area contributed by atoms with E-state index in [4.69, 9.17) is 4.74 Å². The number of aryl methyl sites for hydroxylation is 2. The third-order valence-electron chi connectivity index (χ3n) is 3.39. The zero-order valence-corrected chi connectivity index (χ0v) is 18.6. The monoisotopic (exact) mass is 474 g/mol. The summed E-state index contributed by atoms with van der Waals surface area (Å²) in [5.41, 5.74) is 2.26. The molecule has 0 unspecified atom stereocenters. The quantitative estimate of drug-likeness (QED) is 0.377. The van der Waals surface area contributed by atoms with Crippen molar-refractivity contribution in [2.45, 2.75) is 46.9 Å². The van der Waals surface area contributed by atoms with Gasteiger partial charge in [0.25, 0.3) is 0 Å². The number of thiazole rings is 1. The van der Waals surface area contributed by atoms with Crippen LogP contribution >= 0.6 is 35.3 Å². The van der Waals surface area contributed by atoms with Crippen LogP contribution in [0.1, 0.15) is 35.0 Å². The van der Waals surface area contributed by atoms with E-state index in [-0.39, 0.29) is 30.1 Å². The summed E-state index contributed by atoms with van der Waals surface area (Å²) in [4.78, 5) is 9.95. The summed E-state index contributed by atoms with van der Waals surface area (Å²) in [5, 5.41) is 7.75. The molecule has 0 atom stereocenters. The molecule has 2 N–H and O–H groups in total. The molecule has 138 valence electrons. The maximum absolute atomic E-state index is 5.66. The van der Waals surface area contributed by atoms with Crippen LogP contribution in [0.2, 0.25) is 0 Å². The molecule has 0 bridgehead atoms. The Morgan fingerprint density at radius 1 is 1.16 bits per heavy atom. The second-order valence-corrected chi connectivity index (χ2v) is 7.12. The maximum Gasteiger partial charge on any atom is 0.191 e. The van der Waals surface area contributed by atoms with Crippen molar-refractivity contribution in [3.8, 4) is 5.75 Å². The molecule has 0 fully saturated rings. The van der Waals surface area contributed by atoms with Crippen molar-refractivity contribution < 1.29 is 4.74 Å². The Morgan fingerprint density at radius 2 is 1.80 bits per heavy atom. The van der Waals surface area contributed by atoms with E-state index in [9.17, 15) is 0 Å². The number of aromatic nitrogens is 1. The van der Waals surface area contributed by atoms with Crippen LogP contribution in [0.5, 0.6) is 5.75 Å². The lowest BCUT2D eigenvalue weighted by atomic mass is 10.2. The van der Waals surface area contributed by atoms with Gasteiger partial charge in [0.1, 0.15) is 5.75 Å². The lowest BCUT2D eigenvalue weighted by molar-refractivity contribution is 0.242. The van der Waals surface area contributed by atoms with Gasteiger partial charge in [0.2, 0.25) is 0 Å². The van der Waals surface area contributed by atoms with Gasteiger partial charge in [0.05, 0.1) is 23.4 Å². The molecule has 0 aliphatic carbocycles. The minimum Gasteiger partial charge on any atom is -0.491 e. The number of nitrogens with one attached hydrogen (secondary N) is 2. The molecule has 0 aliphatic rings. The van der Waals surface area contributed by atoms with E-state index in [0.717, 1.165) is 29.0 Å². The zero-order valence-electron chi connectivity index (χ0n) is 15.4. The minimum absolute atomic E-state index is 0. The zero-order chi connectivity index (χ0) is 17.5. The number of ether oxygens (including phenoxy) is 1. The first kappa shape index (κ1) is 21.7. The Labute approximate surface area is 171 Å². The molecule has 5 nitrogen and oxygen atoms in total. The van der Waals surface area contributed by atoms with Gasteiger partial charge >= 0.3 is 0 Å². The molecule has 2 rings (SSSR count). The van der Waals surface area contributed by atoms with Crippen LogP contribution in [0.4, 0.5) is 0 Å². The van der Waals surface area contributed by atoms with Crippen LogP contribution in [-0.2, 0) is 13.1 Å². The number of guanidine groups is 1. The number of rotatable bonds is 6. The van der Waals surface area contributed by atoms with Crippen LogP contribution < -0.4 is 15.4 Å². The molecule has 1 aromatic carbocycles. The number of aliphatic imine (C=N–C) groups is 1. The van der Waals surface area contributed by atoms with Gasteiger partial charge in [-0.05, 0) is 45.4 Å². The maximum atomic E-state index is 5.66. The topological polar surface area (TPSA) is 58.5 Å². The van der Waals surface area contributed by atoms with E-state index >= 15 is 0 Å².